The number of aromatic nitrogens is 1. The molecule has 1 aliphatic rings. The molecule has 0 atom stereocenters. The Morgan fingerprint density at radius 3 is 2.50 bits per heavy atom. The lowest BCUT2D eigenvalue weighted by molar-refractivity contribution is 0.0698. The van der Waals surface area contributed by atoms with E-state index in [0.717, 1.165) is 44.2 Å². The number of ketones is 1. The maximum absolute atomic E-state index is 12.9. The summed E-state index contributed by atoms with van der Waals surface area (Å²) in [6.45, 7) is 2.21. The van der Waals surface area contributed by atoms with Crippen molar-refractivity contribution >= 4 is 22.7 Å². The third-order valence-electron chi connectivity index (χ3n) is 5.36. The third kappa shape index (κ3) is 3.78. The zero-order chi connectivity index (χ0) is 18.7. The van der Waals surface area contributed by atoms with Crippen LogP contribution in [0.1, 0.15) is 65.4 Å². The van der Waals surface area contributed by atoms with Crippen molar-refractivity contribution in [2.45, 2.75) is 45.4 Å². The van der Waals surface area contributed by atoms with E-state index in [1.807, 2.05) is 6.92 Å². The molecule has 2 N–H and O–H groups in total. The number of fused-ring (bicyclic) bond motifs is 1. The van der Waals surface area contributed by atoms with E-state index in [1.54, 1.807) is 24.3 Å². The normalized spacial score (nSPS) is 20.2. The first kappa shape index (κ1) is 18.5. The number of hydrogen-bond acceptors (Lipinski definition) is 4. The highest BCUT2D eigenvalue weighted by atomic mass is 16.4. The monoisotopic (exact) mass is 355 g/mol. The summed E-state index contributed by atoms with van der Waals surface area (Å²) >= 11 is 0. The van der Waals surface area contributed by atoms with E-state index in [-0.39, 0.29) is 23.9 Å². The van der Waals surface area contributed by atoms with E-state index in [1.165, 1.54) is 0 Å². The van der Waals surface area contributed by atoms with Crippen molar-refractivity contribution in [2.75, 3.05) is 6.61 Å². The molecule has 1 heterocycles. The number of rotatable bonds is 6. The quantitative estimate of drug-likeness (QED) is 0.768. The van der Waals surface area contributed by atoms with Crippen molar-refractivity contribution < 1.29 is 19.8 Å². The van der Waals surface area contributed by atoms with Gasteiger partial charge in [-0.1, -0.05) is 13.3 Å². The lowest BCUT2D eigenvalue weighted by atomic mass is 9.79. The number of aryl methyl sites for hydroxylation is 1. The molecule has 1 saturated carbocycles. The number of pyridine rings is 1. The molecule has 1 aromatic carbocycles. The predicted molar refractivity (Wildman–Crippen MR) is 99.6 cm³/mol. The van der Waals surface area contributed by atoms with Crippen molar-refractivity contribution in [1.29, 1.82) is 0 Å². The van der Waals surface area contributed by atoms with Gasteiger partial charge in [-0.3, -0.25) is 9.78 Å². The molecule has 0 unspecified atom stereocenters. The molecule has 0 aliphatic heterocycles. The van der Waals surface area contributed by atoms with Crippen LogP contribution in [0.3, 0.4) is 0 Å². The molecule has 1 aromatic heterocycles. The van der Waals surface area contributed by atoms with Crippen molar-refractivity contribution in [2.24, 2.45) is 11.8 Å². The third-order valence-corrected chi connectivity index (χ3v) is 5.36. The number of aliphatic hydroxyl groups is 1. The van der Waals surface area contributed by atoms with Crippen LogP contribution in [-0.4, -0.2) is 33.6 Å². The molecule has 138 valence electrons. The number of aliphatic hydroxyl groups excluding tert-OH is 1. The minimum absolute atomic E-state index is 0.0455. The van der Waals surface area contributed by atoms with Gasteiger partial charge in [0.1, 0.15) is 0 Å². The minimum Gasteiger partial charge on any atom is -0.478 e. The maximum atomic E-state index is 12.9. The number of benzene rings is 1. The van der Waals surface area contributed by atoms with E-state index in [9.17, 15) is 19.8 Å². The maximum Gasteiger partial charge on any atom is 0.336 e. The van der Waals surface area contributed by atoms with Crippen molar-refractivity contribution in [3.05, 3.63) is 41.1 Å². The largest absolute Gasteiger partial charge is 0.478 e. The summed E-state index contributed by atoms with van der Waals surface area (Å²) in [5.41, 5.74) is 2.14. The second-order valence-electron chi connectivity index (χ2n) is 7.21. The number of carboxylic acid groups (broad SMARTS) is 1. The van der Waals surface area contributed by atoms with E-state index < -0.39 is 5.97 Å². The highest BCUT2D eigenvalue weighted by Crippen LogP contribution is 2.31. The highest BCUT2D eigenvalue weighted by molar-refractivity contribution is 6.06. The first-order valence-electron chi connectivity index (χ1n) is 9.35. The fourth-order valence-electron chi connectivity index (χ4n) is 3.84. The van der Waals surface area contributed by atoms with Crippen LogP contribution in [0.15, 0.2) is 24.3 Å². The van der Waals surface area contributed by atoms with Gasteiger partial charge in [-0.2, -0.15) is 0 Å². The fraction of sp³-hybridized carbons (Fsp3) is 0.476. The summed E-state index contributed by atoms with van der Waals surface area (Å²) in [6.07, 6.45) is 4.91. The van der Waals surface area contributed by atoms with Crippen molar-refractivity contribution in [3.8, 4) is 0 Å². The Morgan fingerprint density at radius 1 is 1.15 bits per heavy atom. The Hall–Kier alpha value is -2.27. The number of aromatic carboxylic acids is 1. The minimum atomic E-state index is -0.997. The smallest absolute Gasteiger partial charge is 0.336 e. The number of hydrogen-bond donors (Lipinski definition) is 2. The van der Waals surface area contributed by atoms with E-state index in [2.05, 4.69) is 4.98 Å². The summed E-state index contributed by atoms with van der Waals surface area (Å²) in [4.78, 5) is 29.1. The molecule has 1 fully saturated rings. The van der Waals surface area contributed by atoms with Crippen molar-refractivity contribution in [1.82, 2.24) is 4.98 Å². The molecule has 0 spiro atoms. The van der Waals surface area contributed by atoms with Crippen LogP contribution in [0.5, 0.6) is 0 Å². The number of carboxylic acids is 1. The number of nitrogens with zero attached hydrogens (tertiary/aromatic N) is 1. The Morgan fingerprint density at radius 2 is 1.88 bits per heavy atom. The Balaban J connectivity index is 1.93. The molecular weight excluding hydrogens is 330 g/mol. The number of carbonyl (C=O) groups excluding carboxylic acids is 1. The van der Waals surface area contributed by atoms with Crippen LogP contribution >= 0.6 is 0 Å². The van der Waals surface area contributed by atoms with Crippen LogP contribution in [0.4, 0.5) is 0 Å². The predicted octanol–water partition coefficient (Wildman–Crippen LogP) is 3.87. The topological polar surface area (TPSA) is 87.5 Å². The highest BCUT2D eigenvalue weighted by Gasteiger charge is 2.27. The molecule has 5 heteroatoms. The van der Waals surface area contributed by atoms with E-state index in [0.29, 0.717) is 22.4 Å². The first-order chi connectivity index (χ1) is 12.5. The molecule has 0 saturated heterocycles. The van der Waals surface area contributed by atoms with Crippen LogP contribution in [0.2, 0.25) is 0 Å². The molecule has 0 amide bonds. The summed E-state index contributed by atoms with van der Waals surface area (Å²) in [5, 5.41) is 19.3. The van der Waals surface area contributed by atoms with E-state index in [4.69, 9.17) is 0 Å². The SMILES string of the molecule is CCCc1cc(C(=O)O)c2cc(C(=O)C3CCC(CO)CC3)ccc2n1. The fourth-order valence-corrected chi connectivity index (χ4v) is 3.84. The molecule has 3 rings (SSSR count). The molecule has 5 nitrogen and oxygen atoms in total. The average Bonchev–Trinajstić information content (AvgIpc) is 2.66. The van der Waals surface area contributed by atoms with E-state index >= 15 is 0 Å². The number of carbonyl (C=O) groups is 2. The van der Waals surface area contributed by atoms with Gasteiger partial charge in [0.15, 0.2) is 5.78 Å². The van der Waals surface area contributed by atoms with Gasteiger partial charge in [-0.15, -0.1) is 0 Å². The Kier molecular flexibility index (Phi) is 5.67. The van der Waals surface area contributed by atoms with Crippen molar-refractivity contribution in [3.63, 3.8) is 0 Å². The summed E-state index contributed by atoms with van der Waals surface area (Å²) < 4.78 is 0. The van der Waals surface area contributed by atoms with Gasteiger partial charge in [0.05, 0.1) is 11.1 Å². The molecule has 26 heavy (non-hydrogen) atoms. The van der Waals surface area contributed by atoms with Gasteiger partial charge in [-0.05, 0) is 62.3 Å². The zero-order valence-electron chi connectivity index (χ0n) is 15.1. The van der Waals surface area contributed by atoms with Gasteiger partial charge in [-0.25, -0.2) is 4.79 Å². The summed E-state index contributed by atoms with van der Waals surface area (Å²) in [7, 11) is 0. The average molecular weight is 355 g/mol. The Labute approximate surface area is 153 Å². The summed E-state index contributed by atoms with van der Waals surface area (Å²) in [5.74, 6) is -0.675. The molecule has 0 radical (unpaired) electrons. The second-order valence-corrected chi connectivity index (χ2v) is 7.21. The van der Waals surface area contributed by atoms with Gasteiger partial charge >= 0.3 is 5.97 Å². The van der Waals surface area contributed by atoms with Crippen LogP contribution in [0.25, 0.3) is 10.9 Å². The molecule has 2 aromatic rings. The number of Topliss-reactive ketones (excluding diaryl/α,β-unsaturated/α-hetero) is 1. The van der Waals surface area contributed by atoms with Gasteiger partial charge in [0, 0.05) is 29.2 Å². The Bertz CT molecular complexity index is 822. The lowest BCUT2D eigenvalue weighted by Gasteiger charge is -2.26. The van der Waals surface area contributed by atoms with Crippen LogP contribution in [0, 0.1) is 11.8 Å². The van der Waals surface area contributed by atoms with Crippen LogP contribution in [-0.2, 0) is 6.42 Å². The molecule has 0 bridgehead atoms. The lowest BCUT2D eigenvalue weighted by Crippen LogP contribution is -2.23. The van der Waals surface area contributed by atoms with Gasteiger partial charge < -0.3 is 10.2 Å². The standard InChI is InChI=1S/C21H25NO4/c1-2-3-16-11-18(21(25)26)17-10-15(8-9-19(17)22-16)20(24)14-6-4-13(12-23)5-7-14/h8-11,13-14,23H,2-7,12H2,1H3,(H,25,26). The summed E-state index contributed by atoms with van der Waals surface area (Å²) in [6, 6.07) is 6.82. The zero-order valence-corrected chi connectivity index (χ0v) is 15.1. The molecular formula is C21H25NO4. The van der Waals surface area contributed by atoms with Gasteiger partial charge in [0.2, 0.25) is 0 Å². The van der Waals surface area contributed by atoms with Crippen LogP contribution < -0.4 is 0 Å². The van der Waals surface area contributed by atoms with Gasteiger partial charge in [0.25, 0.3) is 0 Å². The first-order valence-corrected chi connectivity index (χ1v) is 9.35. The second kappa shape index (κ2) is 7.96. The molecule has 1 aliphatic carbocycles.